The summed E-state index contributed by atoms with van der Waals surface area (Å²) in [6.07, 6.45) is 3.21. The number of nitriles is 1. The fourth-order valence-electron chi connectivity index (χ4n) is 2.53. The predicted molar refractivity (Wildman–Crippen MR) is 84.7 cm³/mol. The van der Waals surface area contributed by atoms with Gasteiger partial charge < -0.3 is 0 Å². The summed E-state index contributed by atoms with van der Waals surface area (Å²) < 4.78 is 26.5. The number of hydrogen-bond donors (Lipinski definition) is 0. The van der Waals surface area contributed by atoms with Crippen LogP contribution in [0, 0.1) is 11.3 Å². The molecule has 0 aromatic heterocycles. The SMILES string of the molecule is N#CC1c2ccccc2C=CN1S(=O)(=O)Cc1ccccc1. The summed E-state index contributed by atoms with van der Waals surface area (Å²) in [6, 6.07) is 17.6. The van der Waals surface area contributed by atoms with Gasteiger partial charge in [-0.05, 0) is 22.8 Å². The monoisotopic (exact) mass is 310 g/mol. The molecule has 110 valence electrons. The minimum atomic E-state index is -3.62. The first-order valence-electron chi connectivity index (χ1n) is 6.84. The molecule has 0 amide bonds. The van der Waals surface area contributed by atoms with Crippen molar-refractivity contribution in [2.45, 2.75) is 11.8 Å². The van der Waals surface area contributed by atoms with Crippen LogP contribution in [0.25, 0.3) is 6.08 Å². The molecule has 1 atom stereocenters. The van der Waals surface area contributed by atoms with Crippen LogP contribution in [0.1, 0.15) is 22.7 Å². The van der Waals surface area contributed by atoms with Crippen molar-refractivity contribution in [1.82, 2.24) is 4.31 Å². The van der Waals surface area contributed by atoms with E-state index in [1.165, 1.54) is 6.20 Å². The first kappa shape index (κ1) is 14.4. The first-order valence-corrected chi connectivity index (χ1v) is 8.44. The third-order valence-corrected chi connectivity index (χ3v) is 5.25. The number of benzene rings is 2. The maximum Gasteiger partial charge on any atom is 0.240 e. The van der Waals surface area contributed by atoms with Crippen molar-refractivity contribution in [2.24, 2.45) is 0 Å². The summed E-state index contributed by atoms with van der Waals surface area (Å²) >= 11 is 0. The Kier molecular flexibility index (Phi) is 3.70. The number of fused-ring (bicyclic) bond motifs is 1. The molecular weight excluding hydrogens is 296 g/mol. The van der Waals surface area contributed by atoms with Gasteiger partial charge in [-0.15, -0.1) is 0 Å². The summed E-state index contributed by atoms with van der Waals surface area (Å²) in [5.41, 5.74) is 2.29. The third-order valence-electron chi connectivity index (χ3n) is 3.58. The minimum Gasteiger partial charge on any atom is -0.255 e. The number of rotatable bonds is 3. The zero-order chi connectivity index (χ0) is 15.6. The van der Waals surface area contributed by atoms with E-state index in [2.05, 4.69) is 6.07 Å². The van der Waals surface area contributed by atoms with Gasteiger partial charge in [0.25, 0.3) is 0 Å². The van der Waals surface area contributed by atoms with Crippen molar-refractivity contribution in [3.8, 4) is 6.07 Å². The van der Waals surface area contributed by atoms with Crippen LogP contribution < -0.4 is 0 Å². The van der Waals surface area contributed by atoms with Crippen molar-refractivity contribution in [3.63, 3.8) is 0 Å². The second kappa shape index (κ2) is 5.66. The molecule has 4 nitrogen and oxygen atoms in total. The summed E-state index contributed by atoms with van der Waals surface area (Å²) in [5.74, 6) is -0.126. The van der Waals surface area contributed by atoms with Gasteiger partial charge in [0.15, 0.2) is 6.04 Å². The van der Waals surface area contributed by atoms with E-state index in [1.807, 2.05) is 24.3 Å². The normalized spacial score (nSPS) is 16.9. The van der Waals surface area contributed by atoms with Gasteiger partial charge in [-0.25, -0.2) is 8.42 Å². The van der Waals surface area contributed by atoms with Gasteiger partial charge in [0.2, 0.25) is 10.0 Å². The Balaban J connectivity index is 1.97. The average molecular weight is 310 g/mol. The maximum absolute atomic E-state index is 12.7. The molecule has 0 bridgehead atoms. The highest BCUT2D eigenvalue weighted by atomic mass is 32.2. The molecule has 3 rings (SSSR count). The van der Waals surface area contributed by atoms with Crippen molar-refractivity contribution in [2.75, 3.05) is 0 Å². The molecule has 2 aromatic rings. The van der Waals surface area contributed by atoms with Crippen molar-refractivity contribution in [1.29, 1.82) is 5.26 Å². The Morgan fingerprint density at radius 1 is 1.05 bits per heavy atom. The summed E-state index contributed by atoms with van der Waals surface area (Å²) in [7, 11) is -3.62. The van der Waals surface area contributed by atoms with Crippen LogP contribution in [0.2, 0.25) is 0 Å². The molecule has 5 heteroatoms. The van der Waals surface area contributed by atoms with Crippen LogP contribution in [-0.2, 0) is 15.8 Å². The van der Waals surface area contributed by atoms with E-state index in [-0.39, 0.29) is 5.75 Å². The molecule has 0 spiro atoms. The molecule has 0 radical (unpaired) electrons. The molecule has 0 N–H and O–H groups in total. The van der Waals surface area contributed by atoms with Gasteiger partial charge in [0, 0.05) is 6.20 Å². The molecule has 0 saturated carbocycles. The molecule has 22 heavy (non-hydrogen) atoms. The molecule has 1 unspecified atom stereocenters. The molecule has 1 aliphatic rings. The topological polar surface area (TPSA) is 61.2 Å². The van der Waals surface area contributed by atoms with E-state index < -0.39 is 16.1 Å². The van der Waals surface area contributed by atoms with Crippen LogP contribution in [0.15, 0.2) is 60.8 Å². The van der Waals surface area contributed by atoms with E-state index >= 15 is 0 Å². The Morgan fingerprint density at radius 2 is 1.73 bits per heavy atom. The lowest BCUT2D eigenvalue weighted by molar-refractivity contribution is 0.460. The molecule has 0 fully saturated rings. The summed E-state index contributed by atoms with van der Waals surface area (Å²) in [6.45, 7) is 0. The number of nitrogens with zero attached hydrogens (tertiary/aromatic N) is 2. The van der Waals surface area contributed by atoms with Crippen molar-refractivity contribution < 1.29 is 8.42 Å². The zero-order valence-electron chi connectivity index (χ0n) is 11.8. The lowest BCUT2D eigenvalue weighted by Crippen LogP contribution is -2.32. The maximum atomic E-state index is 12.7. The van der Waals surface area contributed by atoms with Crippen LogP contribution in [0.3, 0.4) is 0 Å². The highest BCUT2D eigenvalue weighted by molar-refractivity contribution is 7.88. The van der Waals surface area contributed by atoms with E-state index in [1.54, 1.807) is 36.4 Å². The zero-order valence-corrected chi connectivity index (χ0v) is 12.6. The summed E-state index contributed by atoms with van der Waals surface area (Å²) in [4.78, 5) is 0. The quantitative estimate of drug-likeness (QED) is 0.875. The molecule has 2 aromatic carbocycles. The first-order chi connectivity index (χ1) is 10.6. The van der Waals surface area contributed by atoms with Crippen LogP contribution in [0.4, 0.5) is 0 Å². The number of hydrogen-bond acceptors (Lipinski definition) is 3. The molecule has 1 heterocycles. The largest absolute Gasteiger partial charge is 0.255 e. The fraction of sp³-hybridized carbons (Fsp3) is 0.118. The Morgan fingerprint density at radius 3 is 2.45 bits per heavy atom. The van der Waals surface area contributed by atoms with Crippen molar-refractivity contribution >= 4 is 16.1 Å². The lowest BCUT2D eigenvalue weighted by atomic mass is 9.99. The molecule has 0 aliphatic carbocycles. The number of sulfonamides is 1. The van der Waals surface area contributed by atoms with Gasteiger partial charge in [-0.2, -0.15) is 5.26 Å². The van der Waals surface area contributed by atoms with E-state index in [4.69, 9.17) is 0 Å². The standard InChI is InChI=1S/C17H14N2O2S/c18-12-17-16-9-5-4-8-15(16)10-11-19(17)22(20,21)13-14-6-2-1-3-7-14/h1-11,17H,13H2. The molecule has 1 aliphatic heterocycles. The van der Waals surface area contributed by atoms with Crippen LogP contribution >= 0.6 is 0 Å². The minimum absolute atomic E-state index is 0.126. The summed E-state index contributed by atoms with van der Waals surface area (Å²) in [5, 5.41) is 9.45. The van der Waals surface area contributed by atoms with E-state index in [0.29, 0.717) is 11.1 Å². The van der Waals surface area contributed by atoms with Crippen molar-refractivity contribution in [3.05, 3.63) is 77.5 Å². The highest BCUT2D eigenvalue weighted by Gasteiger charge is 2.31. The Bertz CT molecular complexity index is 852. The average Bonchev–Trinajstić information content (AvgIpc) is 2.54. The second-order valence-corrected chi connectivity index (χ2v) is 6.92. The van der Waals surface area contributed by atoms with E-state index in [9.17, 15) is 13.7 Å². The smallest absolute Gasteiger partial charge is 0.240 e. The third kappa shape index (κ3) is 2.61. The Labute approximate surface area is 130 Å². The Hall–Kier alpha value is -2.58. The predicted octanol–water partition coefficient (Wildman–Crippen LogP) is 3.07. The van der Waals surface area contributed by atoms with Crippen LogP contribution in [-0.4, -0.2) is 12.7 Å². The van der Waals surface area contributed by atoms with Gasteiger partial charge >= 0.3 is 0 Å². The van der Waals surface area contributed by atoms with Gasteiger partial charge in [-0.3, -0.25) is 4.31 Å². The van der Waals surface area contributed by atoms with Gasteiger partial charge in [0.1, 0.15) is 0 Å². The fourth-order valence-corrected chi connectivity index (χ4v) is 4.02. The molecular formula is C17H14N2O2S. The molecule has 0 saturated heterocycles. The van der Waals surface area contributed by atoms with Gasteiger partial charge in [0.05, 0.1) is 11.8 Å². The highest BCUT2D eigenvalue weighted by Crippen LogP contribution is 2.32. The lowest BCUT2D eigenvalue weighted by Gasteiger charge is -2.29. The van der Waals surface area contributed by atoms with Crippen LogP contribution in [0.5, 0.6) is 0 Å². The van der Waals surface area contributed by atoms with Gasteiger partial charge in [-0.1, -0.05) is 54.6 Å². The second-order valence-electron chi connectivity index (χ2n) is 5.05. The van der Waals surface area contributed by atoms with E-state index in [0.717, 1.165) is 9.87 Å².